The first-order valence-corrected chi connectivity index (χ1v) is 8.78. The number of hydrogen-bond donors (Lipinski definition) is 1. The van der Waals surface area contributed by atoms with Gasteiger partial charge in [0.2, 0.25) is 0 Å². The number of thioether (sulfide) groups is 1. The molecule has 1 fully saturated rings. The second-order valence-electron chi connectivity index (χ2n) is 5.87. The van der Waals surface area contributed by atoms with Crippen LogP contribution in [0.5, 0.6) is 0 Å². The molecule has 0 aliphatic carbocycles. The lowest BCUT2D eigenvalue weighted by molar-refractivity contribution is 0.346. The molecule has 0 aromatic heterocycles. The SMILES string of the molecule is CCc1ccc(C(NC2CCSCC2)C(C)C)cc1. The molecule has 106 valence electrons. The lowest BCUT2D eigenvalue weighted by Crippen LogP contribution is -2.37. The monoisotopic (exact) mass is 277 g/mol. The van der Waals surface area contributed by atoms with E-state index in [1.807, 2.05) is 0 Å². The summed E-state index contributed by atoms with van der Waals surface area (Å²) < 4.78 is 0. The largest absolute Gasteiger partial charge is 0.307 e. The molecule has 0 bridgehead atoms. The van der Waals surface area contributed by atoms with Crippen LogP contribution in [0.4, 0.5) is 0 Å². The number of hydrogen-bond acceptors (Lipinski definition) is 2. The molecule has 0 radical (unpaired) electrons. The highest BCUT2D eigenvalue weighted by atomic mass is 32.2. The molecule has 2 rings (SSSR count). The lowest BCUT2D eigenvalue weighted by Gasteiger charge is -2.31. The first-order chi connectivity index (χ1) is 9.20. The molecule has 1 nitrogen and oxygen atoms in total. The van der Waals surface area contributed by atoms with Gasteiger partial charge in [0, 0.05) is 12.1 Å². The Morgan fingerprint density at radius 1 is 1.16 bits per heavy atom. The average molecular weight is 277 g/mol. The molecule has 1 saturated heterocycles. The quantitative estimate of drug-likeness (QED) is 0.854. The zero-order valence-corrected chi connectivity index (χ0v) is 13.3. The zero-order chi connectivity index (χ0) is 13.7. The number of rotatable bonds is 5. The van der Waals surface area contributed by atoms with Crippen molar-refractivity contribution in [3.05, 3.63) is 35.4 Å². The minimum atomic E-state index is 0.499. The molecule has 1 atom stereocenters. The topological polar surface area (TPSA) is 12.0 Å². The fourth-order valence-electron chi connectivity index (χ4n) is 2.75. The van der Waals surface area contributed by atoms with E-state index in [1.165, 1.54) is 35.5 Å². The highest BCUT2D eigenvalue weighted by molar-refractivity contribution is 7.99. The fraction of sp³-hybridized carbons (Fsp3) is 0.647. The van der Waals surface area contributed by atoms with Gasteiger partial charge in [-0.25, -0.2) is 0 Å². The highest BCUT2D eigenvalue weighted by Crippen LogP contribution is 2.26. The van der Waals surface area contributed by atoms with Crippen LogP contribution in [0.1, 0.15) is 50.8 Å². The van der Waals surface area contributed by atoms with Crippen LogP contribution in [0, 0.1) is 5.92 Å². The standard InChI is InChI=1S/C17H27NS/c1-4-14-5-7-15(8-6-14)17(13(2)3)18-16-9-11-19-12-10-16/h5-8,13,16-18H,4,9-12H2,1-3H3. The Morgan fingerprint density at radius 3 is 2.32 bits per heavy atom. The Labute approximate surface area is 122 Å². The van der Waals surface area contributed by atoms with Crippen LogP contribution < -0.4 is 5.32 Å². The normalized spacial score (nSPS) is 18.7. The summed E-state index contributed by atoms with van der Waals surface area (Å²) in [5, 5.41) is 3.90. The zero-order valence-electron chi connectivity index (χ0n) is 12.5. The van der Waals surface area contributed by atoms with Gasteiger partial charge < -0.3 is 5.32 Å². The smallest absolute Gasteiger partial charge is 0.0345 e. The lowest BCUT2D eigenvalue weighted by atomic mass is 9.93. The predicted molar refractivity (Wildman–Crippen MR) is 86.9 cm³/mol. The van der Waals surface area contributed by atoms with Gasteiger partial charge in [-0.3, -0.25) is 0 Å². The van der Waals surface area contributed by atoms with Crippen molar-refractivity contribution < 1.29 is 0 Å². The minimum Gasteiger partial charge on any atom is -0.307 e. The van der Waals surface area contributed by atoms with E-state index in [2.05, 4.69) is 62.1 Å². The number of aryl methyl sites for hydroxylation is 1. The molecule has 0 saturated carbocycles. The molecule has 1 N–H and O–H groups in total. The Kier molecular flexibility index (Phi) is 5.77. The molecule has 2 heteroatoms. The Bertz CT molecular complexity index is 365. The molecule has 1 aromatic carbocycles. The van der Waals surface area contributed by atoms with E-state index in [0.29, 0.717) is 18.0 Å². The second kappa shape index (κ2) is 7.35. The van der Waals surface area contributed by atoms with Gasteiger partial charge in [-0.1, -0.05) is 45.0 Å². The fourth-order valence-corrected chi connectivity index (χ4v) is 3.86. The molecule has 0 spiro atoms. The van der Waals surface area contributed by atoms with Crippen LogP contribution in [0.3, 0.4) is 0 Å². The van der Waals surface area contributed by atoms with Crippen molar-refractivity contribution in [3.63, 3.8) is 0 Å². The first-order valence-electron chi connectivity index (χ1n) is 7.63. The number of benzene rings is 1. The summed E-state index contributed by atoms with van der Waals surface area (Å²) in [5.74, 6) is 3.27. The van der Waals surface area contributed by atoms with Crippen molar-refractivity contribution in [1.29, 1.82) is 0 Å². The van der Waals surface area contributed by atoms with Crippen LogP contribution in [0.2, 0.25) is 0 Å². The van der Waals surface area contributed by atoms with E-state index in [4.69, 9.17) is 0 Å². The summed E-state index contributed by atoms with van der Waals surface area (Å²) in [5.41, 5.74) is 2.88. The van der Waals surface area contributed by atoms with Crippen molar-refractivity contribution in [2.45, 2.75) is 52.1 Å². The maximum atomic E-state index is 3.90. The molecule has 1 aromatic rings. The van der Waals surface area contributed by atoms with Crippen LogP contribution in [0.15, 0.2) is 24.3 Å². The molecule has 0 amide bonds. The molecular formula is C17H27NS. The van der Waals surface area contributed by atoms with Gasteiger partial charge in [0.1, 0.15) is 0 Å². The summed E-state index contributed by atoms with van der Waals surface area (Å²) in [6, 6.07) is 10.4. The summed E-state index contributed by atoms with van der Waals surface area (Å²) >= 11 is 2.09. The van der Waals surface area contributed by atoms with Gasteiger partial charge in [-0.2, -0.15) is 11.8 Å². The van der Waals surface area contributed by atoms with Crippen molar-refractivity contribution >= 4 is 11.8 Å². The summed E-state index contributed by atoms with van der Waals surface area (Å²) in [6.45, 7) is 6.86. The van der Waals surface area contributed by atoms with Gasteiger partial charge in [0.15, 0.2) is 0 Å². The van der Waals surface area contributed by atoms with Gasteiger partial charge in [0.05, 0.1) is 0 Å². The van der Waals surface area contributed by atoms with E-state index < -0.39 is 0 Å². The van der Waals surface area contributed by atoms with E-state index in [9.17, 15) is 0 Å². The Hall–Kier alpha value is -0.470. The van der Waals surface area contributed by atoms with E-state index in [-0.39, 0.29) is 0 Å². The number of nitrogens with one attached hydrogen (secondary N) is 1. The maximum absolute atomic E-state index is 3.90. The minimum absolute atomic E-state index is 0.499. The van der Waals surface area contributed by atoms with Gasteiger partial charge in [-0.15, -0.1) is 0 Å². The van der Waals surface area contributed by atoms with Gasteiger partial charge in [-0.05, 0) is 47.8 Å². The van der Waals surface area contributed by atoms with E-state index in [1.54, 1.807) is 0 Å². The average Bonchev–Trinajstić information content (AvgIpc) is 2.46. The molecule has 1 aliphatic rings. The van der Waals surface area contributed by atoms with E-state index in [0.717, 1.165) is 6.42 Å². The van der Waals surface area contributed by atoms with Crippen LogP contribution in [0.25, 0.3) is 0 Å². The Balaban J connectivity index is 2.05. The highest BCUT2D eigenvalue weighted by Gasteiger charge is 2.21. The van der Waals surface area contributed by atoms with Crippen molar-refractivity contribution in [1.82, 2.24) is 5.32 Å². The van der Waals surface area contributed by atoms with Crippen LogP contribution in [-0.2, 0) is 6.42 Å². The molecule has 1 unspecified atom stereocenters. The predicted octanol–water partition coefficient (Wildman–Crippen LogP) is 4.43. The van der Waals surface area contributed by atoms with Crippen LogP contribution >= 0.6 is 11.8 Å². The summed E-state index contributed by atoms with van der Waals surface area (Å²) in [7, 11) is 0. The first kappa shape index (κ1) is 14.9. The molecule has 1 heterocycles. The third-order valence-electron chi connectivity index (χ3n) is 4.05. The van der Waals surface area contributed by atoms with Crippen molar-refractivity contribution in [2.24, 2.45) is 5.92 Å². The molecule has 1 aliphatic heterocycles. The second-order valence-corrected chi connectivity index (χ2v) is 7.09. The molecular weight excluding hydrogens is 250 g/mol. The van der Waals surface area contributed by atoms with Gasteiger partial charge in [0.25, 0.3) is 0 Å². The van der Waals surface area contributed by atoms with Crippen molar-refractivity contribution in [3.8, 4) is 0 Å². The maximum Gasteiger partial charge on any atom is 0.0345 e. The Morgan fingerprint density at radius 2 is 1.79 bits per heavy atom. The van der Waals surface area contributed by atoms with Gasteiger partial charge >= 0.3 is 0 Å². The van der Waals surface area contributed by atoms with Crippen molar-refractivity contribution in [2.75, 3.05) is 11.5 Å². The summed E-state index contributed by atoms with van der Waals surface area (Å²) in [4.78, 5) is 0. The third kappa shape index (κ3) is 4.25. The third-order valence-corrected chi connectivity index (χ3v) is 5.10. The molecule has 19 heavy (non-hydrogen) atoms. The van der Waals surface area contributed by atoms with E-state index >= 15 is 0 Å². The van der Waals surface area contributed by atoms with Crippen LogP contribution in [-0.4, -0.2) is 17.5 Å². The summed E-state index contributed by atoms with van der Waals surface area (Å²) in [6.07, 6.45) is 3.77.